The molecule has 1 aliphatic rings. The van der Waals surface area contributed by atoms with Gasteiger partial charge >= 0.3 is 6.03 Å². The molecule has 0 aliphatic heterocycles. The van der Waals surface area contributed by atoms with Crippen LogP contribution in [0.2, 0.25) is 0 Å². The topological polar surface area (TPSA) is 126 Å². The van der Waals surface area contributed by atoms with E-state index in [1.165, 1.54) is 6.08 Å². The summed E-state index contributed by atoms with van der Waals surface area (Å²) in [6.07, 6.45) is 2.88. The second-order valence-corrected chi connectivity index (χ2v) is 5.59. The van der Waals surface area contributed by atoms with Gasteiger partial charge in [0.15, 0.2) is 5.78 Å². The van der Waals surface area contributed by atoms with E-state index in [-0.39, 0.29) is 23.9 Å². The smallest absolute Gasteiger partial charge is 0.316 e. The van der Waals surface area contributed by atoms with E-state index in [0.717, 1.165) is 5.69 Å². The van der Waals surface area contributed by atoms with Crippen molar-refractivity contribution in [2.45, 2.75) is 13.8 Å². The SMILES string of the molecule is CCNC(=O)CNc1ccc(N=C2C=C(C)C(=O)C=C2NC(N)=O)cc1. The van der Waals surface area contributed by atoms with E-state index in [9.17, 15) is 14.4 Å². The summed E-state index contributed by atoms with van der Waals surface area (Å²) in [7, 11) is 0. The van der Waals surface area contributed by atoms with Crippen LogP contribution in [0.1, 0.15) is 13.8 Å². The van der Waals surface area contributed by atoms with Gasteiger partial charge in [-0.15, -0.1) is 0 Å². The Kier molecular flexibility index (Phi) is 6.26. The van der Waals surface area contributed by atoms with Crippen LogP contribution in [0, 0.1) is 0 Å². The van der Waals surface area contributed by atoms with E-state index in [1.807, 2.05) is 6.92 Å². The molecule has 0 spiro atoms. The minimum atomic E-state index is -0.769. The Labute approximate surface area is 151 Å². The average Bonchev–Trinajstić information content (AvgIpc) is 2.58. The Morgan fingerprint density at radius 1 is 1.15 bits per heavy atom. The second kappa shape index (κ2) is 8.61. The number of nitrogens with two attached hydrogens (primary N) is 1. The number of carbonyl (C=O) groups excluding carboxylic acids is 3. The van der Waals surface area contributed by atoms with Crippen molar-refractivity contribution >= 4 is 34.8 Å². The first-order chi connectivity index (χ1) is 12.4. The molecular weight excluding hydrogens is 334 g/mol. The van der Waals surface area contributed by atoms with Gasteiger partial charge in [0, 0.05) is 18.3 Å². The van der Waals surface area contributed by atoms with Gasteiger partial charge < -0.3 is 21.7 Å². The highest BCUT2D eigenvalue weighted by molar-refractivity contribution is 6.22. The van der Waals surface area contributed by atoms with Crippen LogP contribution in [0.25, 0.3) is 0 Å². The predicted molar refractivity (Wildman–Crippen MR) is 100 cm³/mol. The van der Waals surface area contributed by atoms with Crippen LogP contribution in [0.4, 0.5) is 16.2 Å². The third kappa shape index (κ3) is 5.30. The van der Waals surface area contributed by atoms with Crippen LogP contribution in [-0.4, -0.2) is 36.5 Å². The van der Waals surface area contributed by atoms with Gasteiger partial charge in [-0.2, -0.15) is 0 Å². The predicted octanol–water partition coefficient (Wildman–Crippen LogP) is 1.39. The number of allylic oxidation sites excluding steroid dienone is 3. The van der Waals surface area contributed by atoms with Gasteiger partial charge in [0.25, 0.3) is 0 Å². The normalized spacial score (nSPS) is 15.2. The largest absolute Gasteiger partial charge is 0.376 e. The second-order valence-electron chi connectivity index (χ2n) is 5.59. The fourth-order valence-corrected chi connectivity index (χ4v) is 2.23. The Bertz CT molecular complexity index is 807. The fraction of sp³-hybridized carbons (Fsp3) is 0.222. The number of nitrogens with one attached hydrogen (secondary N) is 3. The quantitative estimate of drug-likeness (QED) is 0.575. The lowest BCUT2D eigenvalue weighted by molar-refractivity contribution is -0.119. The standard InChI is InChI=1S/C18H21N5O3/c1-3-20-17(25)10-21-12-4-6-13(7-5-12)22-14-8-11(2)16(24)9-15(14)23-18(19)26/h4-9,21H,3,10H2,1-2H3,(H,20,25)(H3,19,23,26). The van der Waals surface area contributed by atoms with E-state index in [2.05, 4.69) is 20.9 Å². The summed E-state index contributed by atoms with van der Waals surface area (Å²) in [6, 6.07) is 6.32. The minimum absolute atomic E-state index is 0.0865. The van der Waals surface area contributed by atoms with E-state index in [0.29, 0.717) is 23.5 Å². The zero-order chi connectivity index (χ0) is 19.1. The Morgan fingerprint density at radius 3 is 2.46 bits per heavy atom. The van der Waals surface area contributed by atoms with Crippen molar-refractivity contribution in [1.82, 2.24) is 10.6 Å². The van der Waals surface area contributed by atoms with Crippen LogP contribution in [0.5, 0.6) is 0 Å². The molecule has 0 bridgehead atoms. The van der Waals surface area contributed by atoms with Crippen LogP contribution in [0.3, 0.4) is 0 Å². The van der Waals surface area contributed by atoms with Crippen LogP contribution < -0.4 is 21.7 Å². The lowest BCUT2D eigenvalue weighted by atomic mass is 10.0. The molecular formula is C18H21N5O3. The summed E-state index contributed by atoms with van der Waals surface area (Å²) in [5, 5.41) is 8.11. The number of benzene rings is 1. The number of carbonyl (C=O) groups is 3. The summed E-state index contributed by atoms with van der Waals surface area (Å²) < 4.78 is 0. The van der Waals surface area contributed by atoms with Crippen molar-refractivity contribution in [3.63, 3.8) is 0 Å². The number of rotatable bonds is 6. The lowest BCUT2D eigenvalue weighted by Gasteiger charge is -2.13. The number of hydrogen-bond donors (Lipinski definition) is 4. The highest BCUT2D eigenvalue weighted by Crippen LogP contribution is 2.20. The molecule has 0 heterocycles. The van der Waals surface area contributed by atoms with Crippen molar-refractivity contribution < 1.29 is 14.4 Å². The van der Waals surface area contributed by atoms with Gasteiger partial charge in [0.2, 0.25) is 5.91 Å². The molecule has 0 saturated carbocycles. The molecule has 0 aromatic heterocycles. The van der Waals surface area contributed by atoms with Crippen LogP contribution in [-0.2, 0) is 9.59 Å². The van der Waals surface area contributed by atoms with Gasteiger partial charge in [-0.3, -0.25) is 9.59 Å². The van der Waals surface area contributed by atoms with Crippen molar-refractivity contribution in [3.05, 3.63) is 47.7 Å². The van der Waals surface area contributed by atoms with Crippen molar-refractivity contribution in [2.75, 3.05) is 18.4 Å². The Hall–Kier alpha value is -3.42. The summed E-state index contributed by atoms with van der Waals surface area (Å²) >= 11 is 0. The maximum Gasteiger partial charge on any atom is 0.316 e. The van der Waals surface area contributed by atoms with Crippen molar-refractivity contribution in [1.29, 1.82) is 0 Å². The van der Waals surface area contributed by atoms with E-state index < -0.39 is 6.03 Å². The first-order valence-corrected chi connectivity index (χ1v) is 8.09. The first kappa shape index (κ1) is 18.9. The third-order valence-electron chi connectivity index (χ3n) is 3.50. The Balaban J connectivity index is 2.14. The monoisotopic (exact) mass is 355 g/mol. The molecule has 1 aliphatic carbocycles. The molecule has 26 heavy (non-hydrogen) atoms. The maximum absolute atomic E-state index is 11.8. The lowest BCUT2D eigenvalue weighted by Crippen LogP contribution is -2.33. The number of ketones is 1. The van der Waals surface area contributed by atoms with Gasteiger partial charge in [0.1, 0.15) is 0 Å². The summed E-state index contributed by atoms with van der Waals surface area (Å²) in [4.78, 5) is 38.8. The van der Waals surface area contributed by atoms with Crippen molar-refractivity contribution in [2.24, 2.45) is 10.7 Å². The van der Waals surface area contributed by atoms with Gasteiger partial charge in [-0.25, -0.2) is 9.79 Å². The molecule has 0 fully saturated rings. The molecule has 0 saturated heterocycles. The van der Waals surface area contributed by atoms with E-state index in [1.54, 1.807) is 37.3 Å². The number of urea groups is 1. The molecule has 3 amide bonds. The number of aliphatic imine (C=N–C) groups is 1. The molecule has 5 N–H and O–H groups in total. The van der Waals surface area contributed by atoms with Gasteiger partial charge in [0.05, 0.1) is 23.6 Å². The molecule has 136 valence electrons. The summed E-state index contributed by atoms with van der Waals surface area (Å²) in [5.41, 5.74) is 7.74. The molecule has 8 heteroatoms. The number of primary amides is 1. The van der Waals surface area contributed by atoms with E-state index >= 15 is 0 Å². The zero-order valence-corrected chi connectivity index (χ0v) is 14.6. The average molecular weight is 355 g/mol. The molecule has 0 radical (unpaired) electrons. The Morgan fingerprint density at radius 2 is 1.85 bits per heavy atom. The fourth-order valence-electron chi connectivity index (χ4n) is 2.23. The number of nitrogens with zero attached hydrogens (tertiary/aromatic N) is 1. The molecule has 0 unspecified atom stereocenters. The summed E-state index contributed by atoms with van der Waals surface area (Å²) in [6.45, 7) is 4.29. The van der Waals surface area contributed by atoms with Gasteiger partial charge in [-0.1, -0.05) is 0 Å². The number of likely N-dealkylation sites (N-methyl/N-ethyl adjacent to an activating group) is 1. The van der Waals surface area contributed by atoms with E-state index in [4.69, 9.17) is 5.73 Å². The molecule has 1 aromatic rings. The molecule has 2 rings (SSSR count). The number of amides is 3. The highest BCUT2D eigenvalue weighted by atomic mass is 16.2. The zero-order valence-electron chi connectivity index (χ0n) is 14.6. The van der Waals surface area contributed by atoms with Crippen LogP contribution in [0.15, 0.2) is 52.7 Å². The summed E-state index contributed by atoms with van der Waals surface area (Å²) in [5.74, 6) is -0.297. The third-order valence-corrected chi connectivity index (χ3v) is 3.50. The molecule has 0 atom stereocenters. The molecule has 8 nitrogen and oxygen atoms in total. The first-order valence-electron chi connectivity index (χ1n) is 8.09. The van der Waals surface area contributed by atoms with Crippen molar-refractivity contribution in [3.8, 4) is 0 Å². The van der Waals surface area contributed by atoms with Crippen LogP contribution >= 0.6 is 0 Å². The number of hydrogen-bond acceptors (Lipinski definition) is 5. The minimum Gasteiger partial charge on any atom is -0.376 e. The maximum atomic E-state index is 11.8. The highest BCUT2D eigenvalue weighted by Gasteiger charge is 2.17. The number of anilines is 1. The van der Waals surface area contributed by atoms with Gasteiger partial charge in [-0.05, 0) is 49.8 Å². The molecule has 1 aromatic carbocycles.